The lowest BCUT2D eigenvalue weighted by Gasteiger charge is -2.25. The highest BCUT2D eigenvalue weighted by atomic mass is 16.6. The van der Waals surface area contributed by atoms with E-state index >= 15 is 0 Å². The molecule has 5 nitrogen and oxygen atoms in total. The van der Waals surface area contributed by atoms with Gasteiger partial charge in [-0.05, 0) is 49.5 Å². The van der Waals surface area contributed by atoms with Crippen LogP contribution >= 0.6 is 0 Å². The van der Waals surface area contributed by atoms with Crippen molar-refractivity contribution in [3.63, 3.8) is 0 Å². The molecule has 2 aromatic carbocycles. The van der Waals surface area contributed by atoms with Crippen molar-refractivity contribution in [3.05, 3.63) is 87.5 Å². The van der Waals surface area contributed by atoms with Gasteiger partial charge in [-0.25, -0.2) is 0 Å². The van der Waals surface area contributed by atoms with Gasteiger partial charge in [-0.2, -0.15) is 0 Å². The molecule has 2 atom stereocenters. The number of hydrogen-bond donors (Lipinski definition) is 1. The monoisotopic (exact) mass is 423 g/mol. The maximum Gasteiger partial charge on any atom is 0.273 e. The van der Waals surface area contributed by atoms with Crippen LogP contribution in [0.2, 0.25) is 0 Å². The van der Waals surface area contributed by atoms with Crippen molar-refractivity contribution < 1.29 is 14.8 Å². The number of para-hydroxylation sites is 1. The van der Waals surface area contributed by atoms with Crippen molar-refractivity contribution >= 4 is 5.69 Å². The van der Waals surface area contributed by atoms with Crippen molar-refractivity contribution in [3.8, 4) is 0 Å². The van der Waals surface area contributed by atoms with Crippen molar-refractivity contribution in [2.45, 2.75) is 58.0 Å². The van der Waals surface area contributed by atoms with E-state index in [4.69, 9.17) is 4.74 Å². The van der Waals surface area contributed by atoms with Gasteiger partial charge in [-0.3, -0.25) is 10.1 Å². The van der Waals surface area contributed by atoms with E-state index in [0.29, 0.717) is 19.6 Å². The summed E-state index contributed by atoms with van der Waals surface area (Å²) >= 11 is 0. The highest BCUT2D eigenvalue weighted by Crippen LogP contribution is 2.48. The molecule has 1 aliphatic rings. The van der Waals surface area contributed by atoms with E-state index < -0.39 is 0 Å². The molecule has 5 heteroatoms. The number of rotatable bonds is 12. The second kappa shape index (κ2) is 11.2. The summed E-state index contributed by atoms with van der Waals surface area (Å²) in [7, 11) is 0. The molecule has 3 rings (SSSR count). The number of ether oxygens (including phenoxy) is 1. The average molecular weight is 424 g/mol. The van der Waals surface area contributed by atoms with Crippen LogP contribution in [0.4, 0.5) is 5.69 Å². The quantitative estimate of drug-likeness (QED) is 0.192. The predicted molar refractivity (Wildman–Crippen MR) is 123 cm³/mol. The molecule has 0 saturated carbocycles. The van der Waals surface area contributed by atoms with E-state index in [1.54, 1.807) is 12.1 Å². The van der Waals surface area contributed by atoms with Crippen LogP contribution in [0.25, 0.3) is 0 Å². The molecule has 166 valence electrons. The maximum atomic E-state index is 11.7. The molecule has 0 heterocycles. The Balaban J connectivity index is 1.80. The van der Waals surface area contributed by atoms with Crippen molar-refractivity contribution in [2.75, 3.05) is 13.2 Å². The molecule has 0 amide bonds. The first-order chi connectivity index (χ1) is 15.1. The SMILES string of the molecule is CCC1(CCCO)C=C(C(CCOCc2ccccc2)c2ccccc2[N+](=O)[O-])CC1. The Kier molecular flexibility index (Phi) is 8.38. The second-order valence-electron chi connectivity index (χ2n) is 8.46. The van der Waals surface area contributed by atoms with Crippen LogP contribution in [0, 0.1) is 15.5 Å². The number of nitrogens with zero attached hydrogens (tertiary/aromatic N) is 1. The van der Waals surface area contributed by atoms with E-state index in [9.17, 15) is 15.2 Å². The standard InChI is InChI=1S/C26H33NO4/c1-2-26(15-8-17-28)16-13-22(19-26)23(24-11-6-7-12-25(24)27(29)30)14-18-31-20-21-9-4-3-5-10-21/h3-7,9-12,19,23,28H,2,8,13-18,20H2,1H3. The minimum atomic E-state index is -0.276. The number of allylic oxidation sites excluding steroid dienone is 2. The van der Waals surface area contributed by atoms with Gasteiger partial charge in [0.25, 0.3) is 5.69 Å². The van der Waals surface area contributed by atoms with Gasteiger partial charge in [0.2, 0.25) is 0 Å². The van der Waals surface area contributed by atoms with Crippen LogP contribution < -0.4 is 0 Å². The molecule has 1 aliphatic carbocycles. The Labute approximate surface area is 184 Å². The number of aliphatic hydroxyl groups excluding tert-OH is 1. The Morgan fingerprint density at radius 1 is 1.16 bits per heavy atom. The van der Waals surface area contributed by atoms with Gasteiger partial charge in [-0.15, -0.1) is 0 Å². The number of nitro benzene ring substituents is 1. The fourth-order valence-corrected chi connectivity index (χ4v) is 4.74. The molecule has 0 spiro atoms. The average Bonchev–Trinajstić information content (AvgIpc) is 3.23. The zero-order valence-electron chi connectivity index (χ0n) is 18.3. The van der Waals surface area contributed by atoms with Crippen LogP contribution in [-0.4, -0.2) is 23.2 Å². The van der Waals surface area contributed by atoms with E-state index in [1.807, 2.05) is 42.5 Å². The van der Waals surface area contributed by atoms with Crippen LogP contribution in [-0.2, 0) is 11.3 Å². The summed E-state index contributed by atoms with van der Waals surface area (Å²) in [6, 6.07) is 17.1. The molecule has 0 aromatic heterocycles. The van der Waals surface area contributed by atoms with Gasteiger partial charge in [0.1, 0.15) is 0 Å². The third-order valence-electron chi connectivity index (χ3n) is 6.56. The Morgan fingerprint density at radius 2 is 1.90 bits per heavy atom. The number of hydrogen-bond acceptors (Lipinski definition) is 4. The highest BCUT2D eigenvalue weighted by molar-refractivity contribution is 5.46. The fraction of sp³-hybridized carbons (Fsp3) is 0.462. The van der Waals surface area contributed by atoms with Gasteiger partial charge in [0.15, 0.2) is 0 Å². The van der Waals surface area contributed by atoms with Crippen molar-refractivity contribution in [1.29, 1.82) is 0 Å². The Hall–Kier alpha value is -2.50. The topological polar surface area (TPSA) is 72.6 Å². The van der Waals surface area contributed by atoms with E-state index in [2.05, 4.69) is 13.0 Å². The molecule has 1 N–H and O–H groups in total. The number of benzene rings is 2. The van der Waals surface area contributed by atoms with Gasteiger partial charge in [0, 0.05) is 30.8 Å². The van der Waals surface area contributed by atoms with E-state index in [0.717, 1.165) is 43.2 Å². The maximum absolute atomic E-state index is 11.7. The number of aliphatic hydroxyl groups is 1. The van der Waals surface area contributed by atoms with Gasteiger partial charge >= 0.3 is 0 Å². The highest BCUT2D eigenvalue weighted by Gasteiger charge is 2.35. The lowest BCUT2D eigenvalue weighted by Crippen LogP contribution is -2.14. The van der Waals surface area contributed by atoms with Gasteiger partial charge in [0.05, 0.1) is 11.5 Å². The lowest BCUT2D eigenvalue weighted by molar-refractivity contribution is -0.385. The number of nitro groups is 1. The fourth-order valence-electron chi connectivity index (χ4n) is 4.74. The van der Waals surface area contributed by atoms with E-state index in [-0.39, 0.29) is 28.6 Å². The molecule has 0 fully saturated rings. The minimum Gasteiger partial charge on any atom is -0.396 e. The summed E-state index contributed by atoms with van der Waals surface area (Å²) < 4.78 is 5.94. The van der Waals surface area contributed by atoms with Crippen molar-refractivity contribution in [2.24, 2.45) is 5.41 Å². The normalized spacial score (nSPS) is 19.2. The smallest absolute Gasteiger partial charge is 0.273 e. The summed E-state index contributed by atoms with van der Waals surface area (Å²) in [6.07, 6.45) is 7.82. The second-order valence-corrected chi connectivity index (χ2v) is 8.46. The molecular weight excluding hydrogens is 390 g/mol. The summed E-state index contributed by atoms with van der Waals surface area (Å²) in [6.45, 7) is 3.48. The summed E-state index contributed by atoms with van der Waals surface area (Å²) in [5, 5.41) is 21.0. The van der Waals surface area contributed by atoms with Gasteiger partial charge < -0.3 is 9.84 Å². The molecular formula is C26H33NO4. The largest absolute Gasteiger partial charge is 0.396 e. The molecule has 31 heavy (non-hydrogen) atoms. The Morgan fingerprint density at radius 3 is 2.61 bits per heavy atom. The lowest BCUT2D eigenvalue weighted by atomic mass is 9.80. The molecule has 0 aliphatic heterocycles. The summed E-state index contributed by atoms with van der Waals surface area (Å²) in [4.78, 5) is 11.4. The minimum absolute atomic E-state index is 0.0278. The van der Waals surface area contributed by atoms with Crippen LogP contribution in [0.1, 0.15) is 62.5 Å². The molecule has 0 radical (unpaired) electrons. The zero-order valence-corrected chi connectivity index (χ0v) is 18.3. The zero-order chi connectivity index (χ0) is 22.1. The van der Waals surface area contributed by atoms with Crippen LogP contribution in [0.5, 0.6) is 0 Å². The van der Waals surface area contributed by atoms with Crippen LogP contribution in [0.15, 0.2) is 66.2 Å². The Bertz CT molecular complexity index is 880. The summed E-state index contributed by atoms with van der Waals surface area (Å²) in [5.41, 5.74) is 3.44. The first-order valence-electron chi connectivity index (χ1n) is 11.3. The molecule has 2 aromatic rings. The first-order valence-corrected chi connectivity index (χ1v) is 11.3. The van der Waals surface area contributed by atoms with Crippen LogP contribution in [0.3, 0.4) is 0 Å². The molecule has 0 saturated heterocycles. The van der Waals surface area contributed by atoms with E-state index in [1.165, 1.54) is 5.57 Å². The third kappa shape index (κ3) is 6.02. The summed E-state index contributed by atoms with van der Waals surface area (Å²) in [5.74, 6) is -0.0278. The first kappa shape index (κ1) is 23.2. The molecule has 0 bridgehead atoms. The third-order valence-corrected chi connectivity index (χ3v) is 6.56. The van der Waals surface area contributed by atoms with Crippen molar-refractivity contribution in [1.82, 2.24) is 0 Å². The predicted octanol–water partition coefficient (Wildman–Crippen LogP) is 6.17. The molecule has 2 unspecified atom stereocenters. The van der Waals surface area contributed by atoms with Gasteiger partial charge in [-0.1, -0.05) is 67.1 Å².